The molecular formula is C4H6NO. The molecule has 33 valence electrons. The van der Waals surface area contributed by atoms with Crippen LogP contribution in [0.3, 0.4) is 0 Å². The van der Waals surface area contributed by atoms with Crippen LogP contribution in [0.5, 0.6) is 0 Å². The molecule has 0 atom stereocenters. The first-order valence-electron chi connectivity index (χ1n) is 2.02. The van der Waals surface area contributed by atoms with Gasteiger partial charge < -0.3 is 5.32 Å². The van der Waals surface area contributed by atoms with Crippen molar-refractivity contribution in [1.82, 2.24) is 5.32 Å². The average Bonchev–Trinajstić information content (AvgIpc) is 1.31. The molecule has 1 N–H and O–H groups in total. The number of rotatable bonds is 1. The molecule has 2 heteroatoms. The van der Waals surface area contributed by atoms with Gasteiger partial charge in [-0.05, 0) is 0 Å². The third-order valence-corrected chi connectivity index (χ3v) is 0.948. The Bertz CT molecular complexity index is 58.6. The van der Waals surface area contributed by atoms with Crippen molar-refractivity contribution in [2.45, 2.75) is 0 Å². The molecule has 0 saturated carbocycles. The van der Waals surface area contributed by atoms with Crippen molar-refractivity contribution < 1.29 is 4.79 Å². The molecule has 1 rings (SSSR count). The molecule has 0 spiro atoms. The molecule has 0 aromatic carbocycles. The first-order chi connectivity index (χ1) is 2.93. The molecule has 6 heavy (non-hydrogen) atoms. The topological polar surface area (TPSA) is 29.1 Å². The summed E-state index contributed by atoms with van der Waals surface area (Å²) in [4.78, 5) is 9.62. The molecule has 1 aliphatic heterocycles. The summed E-state index contributed by atoms with van der Waals surface area (Å²) >= 11 is 0. The highest BCUT2D eigenvalue weighted by Crippen LogP contribution is 1.94. The number of carbonyl (C=O) groups excluding carboxylic acids is 1. The fraction of sp³-hybridized carbons (Fsp3) is 0.750. The van der Waals surface area contributed by atoms with Gasteiger partial charge >= 0.3 is 0 Å². The van der Waals surface area contributed by atoms with E-state index in [0.29, 0.717) is 0 Å². The molecule has 0 bridgehead atoms. The maximum Gasteiger partial charge on any atom is 0.204 e. The minimum absolute atomic E-state index is 0.199. The highest BCUT2D eigenvalue weighted by Gasteiger charge is 2.14. The van der Waals surface area contributed by atoms with E-state index < -0.39 is 0 Å². The van der Waals surface area contributed by atoms with Gasteiger partial charge in [0.15, 0.2) is 0 Å². The van der Waals surface area contributed by atoms with E-state index in [9.17, 15) is 4.79 Å². The van der Waals surface area contributed by atoms with Crippen LogP contribution >= 0.6 is 0 Å². The molecule has 0 unspecified atom stereocenters. The largest absolute Gasteiger partial charge is 0.315 e. The Hall–Kier alpha value is -0.370. The lowest BCUT2D eigenvalue weighted by Gasteiger charge is -2.19. The smallest absolute Gasteiger partial charge is 0.204 e. The van der Waals surface area contributed by atoms with Gasteiger partial charge in [0.25, 0.3) is 0 Å². The molecule has 1 heterocycles. The minimum atomic E-state index is 0.199. The molecule has 1 saturated heterocycles. The lowest BCUT2D eigenvalue weighted by molar-refractivity contribution is 0.413. The van der Waals surface area contributed by atoms with Crippen LogP contribution in [0.4, 0.5) is 0 Å². The molecule has 1 fully saturated rings. The maximum absolute atomic E-state index is 9.62. The average molecular weight is 84.1 g/mol. The van der Waals surface area contributed by atoms with E-state index in [4.69, 9.17) is 0 Å². The van der Waals surface area contributed by atoms with Crippen LogP contribution in [0, 0.1) is 5.92 Å². The van der Waals surface area contributed by atoms with Gasteiger partial charge in [-0.2, -0.15) is 0 Å². The van der Waals surface area contributed by atoms with Crippen molar-refractivity contribution >= 4 is 6.29 Å². The monoisotopic (exact) mass is 84.0 g/mol. The molecule has 0 amide bonds. The summed E-state index contributed by atoms with van der Waals surface area (Å²) in [6.07, 6.45) is 1.89. The SMILES string of the molecule is O=[C]C1CNC1. The fourth-order valence-corrected chi connectivity index (χ4v) is 0.372. The van der Waals surface area contributed by atoms with E-state index in [2.05, 4.69) is 5.32 Å². The predicted octanol–water partition coefficient (Wildman–Crippen LogP) is -0.685. The third kappa shape index (κ3) is 0.431. The van der Waals surface area contributed by atoms with Crippen LogP contribution < -0.4 is 5.32 Å². The molecule has 0 aromatic rings. The van der Waals surface area contributed by atoms with Crippen LogP contribution in [-0.2, 0) is 4.79 Å². The van der Waals surface area contributed by atoms with Crippen LogP contribution in [0.2, 0.25) is 0 Å². The highest BCUT2D eigenvalue weighted by molar-refractivity contribution is 5.56. The lowest BCUT2D eigenvalue weighted by atomic mass is 10.1. The van der Waals surface area contributed by atoms with Crippen molar-refractivity contribution in [3.05, 3.63) is 0 Å². The second-order valence-corrected chi connectivity index (χ2v) is 1.47. The molecule has 1 radical (unpaired) electrons. The van der Waals surface area contributed by atoms with E-state index >= 15 is 0 Å². The number of nitrogens with one attached hydrogen (secondary N) is 1. The summed E-state index contributed by atoms with van der Waals surface area (Å²) in [6, 6.07) is 0. The van der Waals surface area contributed by atoms with Crippen LogP contribution in [0.25, 0.3) is 0 Å². The predicted molar refractivity (Wildman–Crippen MR) is 22.1 cm³/mol. The second kappa shape index (κ2) is 1.39. The normalized spacial score (nSPS) is 22.7. The summed E-state index contributed by atoms with van der Waals surface area (Å²) in [5.74, 6) is 0.199. The summed E-state index contributed by atoms with van der Waals surface area (Å²) < 4.78 is 0. The summed E-state index contributed by atoms with van der Waals surface area (Å²) in [5, 5.41) is 2.95. The Balaban J connectivity index is 2.16. The zero-order chi connectivity index (χ0) is 4.41. The van der Waals surface area contributed by atoms with Gasteiger partial charge in [0.2, 0.25) is 6.29 Å². The van der Waals surface area contributed by atoms with Gasteiger partial charge in [-0.15, -0.1) is 0 Å². The van der Waals surface area contributed by atoms with Crippen LogP contribution in [-0.4, -0.2) is 19.4 Å². The van der Waals surface area contributed by atoms with E-state index in [1.807, 2.05) is 6.29 Å². The quantitative estimate of drug-likeness (QED) is 0.456. The molecule has 0 aliphatic carbocycles. The Morgan fingerprint density at radius 1 is 1.67 bits per heavy atom. The third-order valence-electron chi connectivity index (χ3n) is 0.948. The second-order valence-electron chi connectivity index (χ2n) is 1.47. The first-order valence-corrected chi connectivity index (χ1v) is 2.02. The Kier molecular flexibility index (Phi) is 0.881. The molecule has 0 aromatic heterocycles. The van der Waals surface area contributed by atoms with Gasteiger partial charge in [0.1, 0.15) is 0 Å². The summed E-state index contributed by atoms with van der Waals surface area (Å²) in [7, 11) is 0. The minimum Gasteiger partial charge on any atom is -0.315 e. The zero-order valence-corrected chi connectivity index (χ0v) is 3.40. The standard InChI is InChI=1S/C4H6NO/c6-3-4-1-5-2-4/h4-5H,1-2H2. The molecule has 1 aliphatic rings. The van der Waals surface area contributed by atoms with Crippen LogP contribution in [0.15, 0.2) is 0 Å². The van der Waals surface area contributed by atoms with E-state index in [-0.39, 0.29) is 5.92 Å². The fourth-order valence-electron chi connectivity index (χ4n) is 0.372. The van der Waals surface area contributed by atoms with Crippen LogP contribution in [0.1, 0.15) is 0 Å². The van der Waals surface area contributed by atoms with Gasteiger partial charge in [-0.1, -0.05) is 0 Å². The van der Waals surface area contributed by atoms with Gasteiger partial charge in [-0.25, -0.2) is 0 Å². The Morgan fingerprint density at radius 2 is 2.33 bits per heavy atom. The summed E-state index contributed by atoms with van der Waals surface area (Å²) in [5.41, 5.74) is 0. The van der Waals surface area contributed by atoms with Gasteiger partial charge in [-0.3, -0.25) is 4.79 Å². The lowest BCUT2D eigenvalue weighted by Crippen LogP contribution is -2.42. The maximum atomic E-state index is 9.62. The molecular weight excluding hydrogens is 78.0 g/mol. The van der Waals surface area contributed by atoms with Crippen molar-refractivity contribution in [2.24, 2.45) is 5.92 Å². The van der Waals surface area contributed by atoms with Crippen molar-refractivity contribution in [1.29, 1.82) is 0 Å². The summed E-state index contributed by atoms with van der Waals surface area (Å²) in [6.45, 7) is 1.67. The first kappa shape index (κ1) is 3.81. The highest BCUT2D eigenvalue weighted by atomic mass is 16.1. The zero-order valence-electron chi connectivity index (χ0n) is 3.40. The van der Waals surface area contributed by atoms with Gasteiger partial charge in [0, 0.05) is 13.1 Å². The van der Waals surface area contributed by atoms with E-state index in [1.165, 1.54) is 0 Å². The van der Waals surface area contributed by atoms with Gasteiger partial charge in [0.05, 0.1) is 5.92 Å². The van der Waals surface area contributed by atoms with E-state index in [1.54, 1.807) is 0 Å². The Labute approximate surface area is 36.5 Å². The van der Waals surface area contributed by atoms with Crippen molar-refractivity contribution in [2.75, 3.05) is 13.1 Å². The van der Waals surface area contributed by atoms with Crippen molar-refractivity contribution in [3.63, 3.8) is 0 Å². The number of hydrogen-bond donors (Lipinski definition) is 1. The number of hydrogen-bond acceptors (Lipinski definition) is 2. The Morgan fingerprint density at radius 3 is 2.33 bits per heavy atom. The van der Waals surface area contributed by atoms with E-state index in [0.717, 1.165) is 13.1 Å². The molecule has 2 nitrogen and oxygen atoms in total. The van der Waals surface area contributed by atoms with Crippen molar-refractivity contribution in [3.8, 4) is 0 Å².